The predicted molar refractivity (Wildman–Crippen MR) is 91.7 cm³/mol. The molecule has 1 aliphatic rings. The Morgan fingerprint density at radius 1 is 1.12 bits per heavy atom. The molecule has 0 aliphatic carbocycles. The standard InChI is InChI=1S/C19H20F2N2O3/c20-16-7-4-8-17(21)18(16)25-12-9-15-13-23(11-10-22-15)26-19(24)14-5-2-1-3-6-14/h1-8,15,22H,9-13H2. The number of rotatable bonds is 6. The smallest absolute Gasteiger partial charge is 0.357 e. The molecule has 1 unspecified atom stereocenters. The van der Waals surface area contributed by atoms with Gasteiger partial charge in [0.15, 0.2) is 17.4 Å². The third kappa shape index (κ3) is 4.77. The molecule has 1 aliphatic heterocycles. The monoisotopic (exact) mass is 362 g/mol. The summed E-state index contributed by atoms with van der Waals surface area (Å²) in [6, 6.07) is 12.4. The molecule has 5 nitrogen and oxygen atoms in total. The first kappa shape index (κ1) is 18.3. The fraction of sp³-hybridized carbons (Fsp3) is 0.316. The maximum absolute atomic E-state index is 13.5. The zero-order valence-electron chi connectivity index (χ0n) is 14.2. The van der Waals surface area contributed by atoms with Crippen molar-refractivity contribution in [2.45, 2.75) is 12.5 Å². The zero-order valence-corrected chi connectivity index (χ0v) is 14.2. The largest absolute Gasteiger partial charge is 0.488 e. The molecule has 1 fully saturated rings. The number of nitrogens with zero attached hydrogens (tertiary/aromatic N) is 1. The van der Waals surface area contributed by atoms with Gasteiger partial charge in [-0.15, -0.1) is 5.06 Å². The van der Waals surface area contributed by atoms with Crippen LogP contribution in [0.25, 0.3) is 0 Å². The van der Waals surface area contributed by atoms with Gasteiger partial charge in [0, 0.05) is 19.1 Å². The highest BCUT2D eigenvalue weighted by Gasteiger charge is 2.23. The van der Waals surface area contributed by atoms with E-state index >= 15 is 0 Å². The lowest BCUT2D eigenvalue weighted by atomic mass is 10.2. The van der Waals surface area contributed by atoms with Gasteiger partial charge in [0.2, 0.25) is 0 Å². The third-order valence-electron chi connectivity index (χ3n) is 4.07. The number of hydrogen-bond donors (Lipinski definition) is 1. The fourth-order valence-electron chi connectivity index (χ4n) is 2.74. The number of hydrogen-bond acceptors (Lipinski definition) is 5. The maximum Gasteiger partial charge on any atom is 0.357 e. The van der Waals surface area contributed by atoms with Crippen molar-refractivity contribution in [1.29, 1.82) is 0 Å². The van der Waals surface area contributed by atoms with Crippen LogP contribution in [0.3, 0.4) is 0 Å². The quantitative estimate of drug-likeness (QED) is 0.856. The van der Waals surface area contributed by atoms with Gasteiger partial charge in [0.25, 0.3) is 0 Å². The molecule has 0 radical (unpaired) electrons. The molecule has 0 bridgehead atoms. The van der Waals surface area contributed by atoms with Crippen molar-refractivity contribution in [1.82, 2.24) is 10.4 Å². The minimum atomic E-state index is -0.722. The van der Waals surface area contributed by atoms with Crippen LogP contribution in [0.5, 0.6) is 5.75 Å². The van der Waals surface area contributed by atoms with Crippen molar-refractivity contribution in [3.8, 4) is 5.75 Å². The van der Waals surface area contributed by atoms with Crippen molar-refractivity contribution in [2.75, 3.05) is 26.2 Å². The van der Waals surface area contributed by atoms with Gasteiger partial charge in [0.05, 0.1) is 18.7 Å². The van der Waals surface area contributed by atoms with Crippen molar-refractivity contribution < 1.29 is 23.1 Å². The molecule has 7 heteroatoms. The summed E-state index contributed by atoms with van der Waals surface area (Å²) in [4.78, 5) is 17.5. The van der Waals surface area contributed by atoms with Crippen LogP contribution in [0.15, 0.2) is 48.5 Å². The molecule has 0 saturated carbocycles. The number of para-hydroxylation sites is 1. The predicted octanol–water partition coefficient (Wildman–Crippen LogP) is 2.78. The van der Waals surface area contributed by atoms with E-state index in [0.717, 1.165) is 12.1 Å². The number of carbonyl (C=O) groups is 1. The van der Waals surface area contributed by atoms with Crippen LogP contribution in [-0.2, 0) is 4.84 Å². The Labute approximate surface area is 150 Å². The fourth-order valence-corrected chi connectivity index (χ4v) is 2.74. The van der Waals surface area contributed by atoms with Gasteiger partial charge in [-0.25, -0.2) is 13.6 Å². The Kier molecular flexibility index (Phi) is 6.14. The van der Waals surface area contributed by atoms with Crippen molar-refractivity contribution in [3.05, 3.63) is 65.7 Å². The van der Waals surface area contributed by atoms with Gasteiger partial charge in [0.1, 0.15) is 0 Å². The molecule has 0 amide bonds. The van der Waals surface area contributed by atoms with Gasteiger partial charge in [-0.2, -0.15) is 0 Å². The molecule has 2 aromatic carbocycles. The number of benzene rings is 2. The number of nitrogens with one attached hydrogen (secondary N) is 1. The highest BCUT2D eigenvalue weighted by atomic mass is 19.1. The topological polar surface area (TPSA) is 50.8 Å². The Morgan fingerprint density at radius 3 is 2.58 bits per heavy atom. The molecule has 1 heterocycles. The molecule has 1 atom stereocenters. The van der Waals surface area contributed by atoms with Crippen molar-refractivity contribution >= 4 is 5.97 Å². The summed E-state index contributed by atoms with van der Waals surface area (Å²) in [7, 11) is 0. The molecule has 0 aromatic heterocycles. The van der Waals surface area contributed by atoms with E-state index in [2.05, 4.69) is 5.32 Å². The van der Waals surface area contributed by atoms with Crippen LogP contribution in [0.1, 0.15) is 16.8 Å². The molecule has 1 saturated heterocycles. The molecule has 0 spiro atoms. The summed E-state index contributed by atoms with van der Waals surface area (Å²) < 4.78 is 32.3. The van der Waals surface area contributed by atoms with E-state index in [0.29, 0.717) is 31.6 Å². The summed E-state index contributed by atoms with van der Waals surface area (Å²) >= 11 is 0. The first-order valence-electron chi connectivity index (χ1n) is 8.46. The van der Waals surface area contributed by atoms with E-state index in [9.17, 15) is 13.6 Å². The summed E-state index contributed by atoms with van der Waals surface area (Å²) in [6.07, 6.45) is 0.521. The summed E-state index contributed by atoms with van der Waals surface area (Å²) in [5.74, 6) is -2.22. The highest BCUT2D eigenvalue weighted by Crippen LogP contribution is 2.21. The average Bonchev–Trinajstić information content (AvgIpc) is 2.65. The van der Waals surface area contributed by atoms with Crippen molar-refractivity contribution in [3.63, 3.8) is 0 Å². The number of hydroxylamine groups is 2. The normalized spacial score (nSPS) is 17.7. The molecule has 138 valence electrons. The lowest BCUT2D eigenvalue weighted by Gasteiger charge is -2.32. The van der Waals surface area contributed by atoms with E-state index < -0.39 is 17.6 Å². The average molecular weight is 362 g/mol. The number of ether oxygens (including phenoxy) is 1. The van der Waals surface area contributed by atoms with Crippen LogP contribution < -0.4 is 10.1 Å². The van der Waals surface area contributed by atoms with Crippen LogP contribution in [-0.4, -0.2) is 43.3 Å². The van der Waals surface area contributed by atoms with E-state index in [4.69, 9.17) is 9.57 Å². The summed E-state index contributed by atoms with van der Waals surface area (Å²) in [5.41, 5.74) is 0.487. The van der Waals surface area contributed by atoms with Gasteiger partial charge in [-0.3, -0.25) is 0 Å². The first-order chi connectivity index (χ1) is 12.6. The van der Waals surface area contributed by atoms with Crippen LogP contribution in [0, 0.1) is 11.6 Å². The Morgan fingerprint density at radius 2 is 1.85 bits per heavy atom. The maximum atomic E-state index is 13.5. The number of halogens is 2. The van der Waals surface area contributed by atoms with Crippen LogP contribution in [0.4, 0.5) is 8.78 Å². The van der Waals surface area contributed by atoms with Gasteiger partial charge in [-0.05, 0) is 30.7 Å². The minimum absolute atomic E-state index is 0.0119. The minimum Gasteiger partial charge on any atom is -0.488 e. The molecule has 3 rings (SSSR count). The highest BCUT2D eigenvalue weighted by molar-refractivity contribution is 5.89. The molecule has 1 N–H and O–H groups in total. The Balaban J connectivity index is 1.47. The number of piperazine rings is 1. The molecule has 2 aromatic rings. The lowest BCUT2D eigenvalue weighted by molar-refractivity contribution is -0.124. The van der Waals surface area contributed by atoms with Gasteiger partial charge >= 0.3 is 5.97 Å². The molecule has 26 heavy (non-hydrogen) atoms. The van der Waals surface area contributed by atoms with Crippen LogP contribution in [0.2, 0.25) is 0 Å². The third-order valence-corrected chi connectivity index (χ3v) is 4.07. The summed E-state index contributed by atoms with van der Waals surface area (Å²) in [6.45, 7) is 1.83. The van der Waals surface area contributed by atoms with E-state index in [-0.39, 0.29) is 18.4 Å². The lowest BCUT2D eigenvalue weighted by Crippen LogP contribution is -2.51. The summed E-state index contributed by atoms with van der Waals surface area (Å²) in [5, 5.41) is 4.87. The second kappa shape index (κ2) is 8.73. The van der Waals surface area contributed by atoms with Gasteiger partial charge < -0.3 is 14.9 Å². The second-order valence-electron chi connectivity index (χ2n) is 5.97. The SMILES string of the molecule is O=C(ON1CCNC(CCOc2c(F)cccc2F)C1)c1ccccc1. The van der Waals surface area contributed by atoms with E-state index in [1.54, 1.807) is 29.3 Å². The van der Waals surface area contributed by atoms with Crippen LogP contribution >= 0.6 is 0 Å². The van der Waals surface area contributed by atoms with Crippen molar-refractivity contribution in [2.24, 2.45) is 0 Å². The first-order valence-corrected chi connectivity index (χ1v) is 8.46. The second-order valence-corrected chi connectivity index (χ2v) is 5.97. The van der Waals surface area contributed by atoms with E-state index in [1.807, 2.05) is 6.07 Å². The Bertz CT molecular complexity index is 723. The number of carbonyl (C=O) groups excluding carboxylic acids is 1. The molecular formula is C19H20F2N2O3. The molecular weight excluding hydrogens is 342 g/mol. The zero-order chi connectivity index (χ0) is 18.4. The van der Waals surface area contributed by atoms with Gasteiger partial charge in [-0.1, -0.05) is 24.3 Å². The Hall–Kier alpha value is -2.51. The van der Waals surface area contributed by atoms with E-state index in [1.165, 1.54) is 6.07 Å².